The van der Waals surface area contributed by atoms with Gasteiger partial charge in [-0.1, -0.05) is 35.9 Å². The largest absolute Gasteiger partial charge is 0.442 e. The maximum atomic E-state index is 12.2. The van der Waals surface area contributed by atoms with Crippen LogP contribution in [0.1, 0.15) is 19.4 Å². The van der Waals surface area contributed by atoms with Gasteiger partial charge in [0.2, 0.25) is 0 Å². The van der Waals surface area contributed by atoms with E-state index in [1.54, 1.807) is 4.90 Å². The van der Waals surface area contributed by atoms with E-state index in [-0.39, 0.29) is 12.2 Å². The van der Waals surface area contributed by atoms with Crippen molar-refractivity contribution in [2.24, 2.45) is 0 Å². The van der Waals surface area contributed by atoms with Gasteiger partial charge >= 0.3 is 6.09 Å². The van der Waals surface area contributed by atoms with Crippen molar-refractivity contribution in [1.29, 1.82) is 0 Å². The summed E-state index contributed by atoms with van der Waals surface area (Å²) in [5.74, 6) is 0. The van der Waals surface area contributed by atoms with Crippen LogP contribution in [0.5, 0.6) is 0 Å². The fraction of sp³-hybridized carbons (Fsp3) is 0.350. The maximum Gasteiger partial charge on any atom is 0.414 e. The molecule has 0 spiro atoms. The molecular formula is C20H24N2O2. The molecule has 1 amide bonds. The zero-order chi connectivity index (χ0) is 17.1. The normalized spacial score (nSPS) is 17.2. The lowest BCUT2D eigenvalue weighted by atomic mass is 10.1. The number of aryl methyl sites for hydroxylation is 1. The Bertz CT molecular complexity index is 683. The van der Waals surface area contributed by atoms with E-state index in [1.165, 1.54) is 5.56 Å². The van der Waals surface area contributed by atoms with E-state index in [2.05, 4.69) is 49.9 Å². The summed E-state index contributed by atoms with van der Waals surface area (Å²) in [7, 11) is 0. The molecule has 1 aliphatic rings. The molecular weight excluding hydrogens is 300 g/mol. The van der Waals surface area contributed by atoms with Gasteiger partial charge in [0.1, 0.15) is 6.10 Å². The van der Waals surface area contributed by atoms with E-state index in [9.17, 15) is 4.79 Å². The second-order valence-electron chi connectivity index (χ2n) is 6.53. The minimum atomic E-state index is -0.265. The minimum Gasteiger partial charge on any atom is -0.442 e. The number of rotatable bonds is 5. The molecule has 2 aromatic rings. The molecule has 1 unspecified atom stereocenters. The van der Waals surface area contributed by atoms with Gasteiger partial charge in [0, 0.05) is 17.4 Å². The molecule has 0 radical (unpaired) electrons. The van der Waals surface area contributed by atoms with Gasteiger partial charge in [-0.3, -0.25) is 4.90 Å². The highest BCUT2D eigenvalue weighted by Gasteiger charge is 2.33. The molecule has 1 atom stereocenters. The highest BCUT2D eigenvalue weighted by Crippen LogP contribution is 2.24. The maximum absolute atomic E-state index is 12.2. The first-order valence-electron chi connectivity index (χ1n) is 8.41. The second-order valence-corrected chi connectivity index (χ2v) is 6.53. The summed E-state index contributed by atoms with van der Waals surface area (Å²) >= 11 is 0. The average Bonchev–Trinajstić information content (AvgIpc) is 2.95. The lowest BCUT2D eigenvalue weighted by Gasteiger charge is -2.30. The Balaban J connectivity index is 1.72. The molecule has 3 rings (SSSR count). The first-order chi connectivity index (χ1) is 11.5. The van der Waals surface area contributed by atoms with E-state index in [4.69, 9.17) is 4.74 Å². The highest BCUT2D eigenvalue weighted by molar-refractivity contribution is 5.89. The third-order valence-corrected chi connectivity index (χ3v) is 4.33. The average molecular weight is 324 g/mol. The van der Waals surface area contributed by atoms with Gasteiger partial charge in [0.15, 0.2) is 0 Å². The van der Waals surface area contributed by atoms with E-state index in [1.807, 2.05) is 30.3 Å². The Hall–Kier alpha value is -2.49. The summed E-state index contributed by atoms with van der Waals surface area (Å²) in [6.07, 6.45) is -0.403. The summed E-state index contributed by atoms with van der Waals surface area (Å²) in [4.78, 5) is 16.2. The number of anilines is 2. The van der Waals surface area contributed by atoms with Gasteiger partial charge in [0.05, 0.1) is 13.1 Å². The molecule has 24 heavy (non-hydrogen) atoms. The van der Waals surface area contributed by atoms with Crippen molar-refractivity contribution in [3.05, 3.63) is 60.2 Å². The Morgan fingerprint density at radius 2 is 1.79 bits per heavy atom. The molecule has 1 aliphatic heterocycles. The molecule has 2 aromatic carbocycles. The lowest BCUT2D eigenvalue weighted by molar-refractivity contribution is 0.143. The Morgan fingerprint density at radius 1 is 1.12 bits per heavy atom. The van der Waals surface area contributed by atoms with Crippen molar-refractivity contribution < 1.29 is 9.53 Å². The first kappa shape index (κ1) is 16.4. The molecule has 0 saturated carbocycles. The zero-order valence-electron chi connectivity index (χ0n) is 14.5. The van der Waals surface area contributed by atoms with E-state index >= 15 is 0 Å². The smallest absolute Gasteiger partial charge is 0.414 e. The third-order valence-electron chi connectivity index (χ3n) is 4.33. The van der Waals surface area contributed by atoms with Crippen molar-refractivity contribution in [2.75, 3.05) is 22.9 Å². The van der Waals surface area contributed by atoms with Crippen LogP contribution in [0.15, 0.2) is 54.6 Å². The molecule has 1 saturated heterocycles. The van der Waals surface area contributed by atoms with Crippen LogP contribution in [0.25, 0.3) is 0 Å². The molecule has 4 heteroatoms. The first-order valence-corrected chi connectivity index (χ1v) is 8.41. The Labute approximate surface area is 143 Å². The Kier molecular flexibility index (Phi) is 4.74. The van der Waals surface area contributed by atoms with Crippen molar-refractivity contribution in [3.8, 4) is 0 Å². The number of hydrogen-bond donors (Lipinski definition) is 0. The van der Waals surface area contributed by atoms with Gasteiger partial charge < -0.3 is 9.64 Å². The summed E-state index contributed by atoms with van der Waals surface area (Å²) in [5, 5.41) is 0. The number of carbonyl (C=O) groups is 1. The van der Waals surface area contributed by atoms with E-state index in [0.29, 0.717) is 19.1 Å². The molecule has 4 nitrogen and oxygen atoms in total. The van der Waals surface area contributed by atoms with Crippen molar-refractivity contribution in [3.63, 3.8) is 0 Å². The lowest BCUT2D eigenvalue weighted by Crippen LogP contribution is -2.39. The van der Waals surface area contributed by atoms with Crippen LogP contribution in [0, 0.1) is 6.92 Å². The molecule has 1 fully saturated rings. The highest BCUT2D eigenvalue weighted by atomic mass is 16.6. The molecule has 126 valence electrons. The monoisotopic (exact) mass is 324 g/mol. The predicted molar refractivity (Wildman–Crippen MR) is 97.7 cm³/mol. The summed E-state index contributed by atoms with van der Waals surface area (Å²) in [5.41, 5.74) is 3.28. The van der Waals surface area contributed by atoms with Crippen molar-refractivity contribution >= 4 is 17.5 Å². The molecule has 0 aliphatic carbocycles. The van der Waals surface area contributed by atoms with Gasteiger partial charge in [-0.05, 0) is 45.0 Å². The number of carbonyl (C=O) groups excluding carboxylic acids is 1. The molecule has 0 bridgehead atoms. The number of hydrogen-bond acceptors (Lipinski definition) is 3. The summed E-state index contributed by atoms with van der Waals surface area (Å²) in [6.45, 7) is 7.67. The van der Waals surface area contributed by atoms with Crippen LogP contribution in [0.4, 0.5) is 16.2 Å². The number of para-hydroxylation sites is 1. The van der Waals surface area contributed by atoms with E-state index in [0.717, 1.165) is 11.4 Å². The van der Waals surface area contributed by atoms with Crippen LogP contribution in [0.3, 0.4) is 0 Å². The van der Waals surface area contributed by atoms with Crippen LogP contribution in [-0.2, 0) is 4.74 Å². The fourth-order valence-electron chi connectivity index (χ4n) is 3.01. The van der Waals surface area contributed by atoms with E-state index < -0.39 is 0 Å². The van der Waals surface area contributed by atoms with Gasteiger partial charge in [0.25, 0.3) is 0 Å². The van der Waals surface area contributed by atoms with Crippen LogP contribution >= 0.6 is 0 Å². The van der Waals surface area contributed by atoms with Crippen molar-refractivity contribution in [2.45, 2.75) is 32.9 Å². The van der Waals surface area contributed by atoms with Gasteiger partial charge in [-0.15, -0.1) is 0 Å². The number of nitrogens with zero attached hydrogens (tertiary/aromatic N) is 2. The molecule has 0 aromatic heterocycles. The van der Waals surface area contributed by atoms with Crippen molar-refractivity contribution in [1.82, 2.24) is 0 Å². The van der Waals surface area contributed by atoms with Crippen LogP contribution in [-0.4, -0.2) is 31.3 Å². The van der Waals surface area contributed by atoms with Gasteiger partial charge in [-0.25, -0.2) is 4.79 Å². The van der Waals surface area contributed by atoms with Crippen LogP contribution < -0.4 is 9.80 Å². The fourth-order valence-corrected chi connectivity index (χ4v) is 3.01. The summed E-state index contributed by atoms with van der Waals surface area (Å²) in [6, 6.07) is 18.5. The third kappa shape index (κ3) is 3.53. The number of benzene rings is 2. The van der Waals surface area contributed by atoms with Crippen LogP contribution in [0.2, 0.25) is 0 Å². The van der Waals surface area contributed by atoms with Gasteiger partial charge in [-0.2, -0.15) is 0 Å². The minimum absolute atomic E-state index is 0.138. The Morgan fingerprint density at radius 3 is 2.42 bits per heavy atom. The standard InChI is InChI=1S/C20H24N2O2/c1-15(2)21(18-11-9-16(3)10-12-18)13-19-14-22(20(23)24-19)17-7-5-4-6-8-17/h4-12,15,19H,13-14H2,1-3H3. The quantitative estimate of drug-likeness (QED) is 0.825. The second kappa shape index (κ2) is 6.95. The predicted octanol–water partition coefficient (Wildman–Crippen LogP) is 4.24. The summed E-state index contributed by atoms with van der Waals surface area (Å²) < 4.78 is 5.60. The SMILES string of the molecule is Cc1ccc(N(CC2CN(c3ccccc3)C(=O)O2)C(C)C)cc1. The topological polar surface area (TPSA) is 32.8 Å². The molecule has 0 N–H and O–H groups in total. The number of cyclic esters (lactones) is 1. The molecule has 1 heterocycles. The number of amides is 1. The number of ether oxygens (including phenoxy) is 1. The zero-order valence-corrected chi connectivity index (χ0v) is 14.5.